The summed E-state index contributed by atoms with van der Waals surface area (Å²) in [5, 5.41) is 0. The van der Waals surface area contributed by atoms with E-state index >= 15 is 0 Å². The average molecular weight is 372 g/mol. The van der Waals surface area contributed by atoms with Crippen LogP contribution in [0.25, 0.3) is 11.1 Å². The number of methoxy groups -OCH3 is 1. The first-order chi connectivity index (χ1) is 13.7. The van der Waals surface area contributed by atoms with Crippen molar-refractivity contribution in [2.24, 2.45) is 0 Å². The zero-order valence-electron chi connectivity index (χ0n) is 16.5. The highest BCUT2D eigenvalue weighted by Gasteiger charge is 2.06. The number of ether oxygens (including phenoxy) is 1. The van der Waals surface area contributed by atoms with Crippen molar-refractivity contribution in [1.29, 1.82) is 0 Å². The topological polar surface area (TPSA) is 9.23 Å². The van der Waals surface area contributed by atoms with Gasteiger partial charge >= 0.3 is 0 Å². The van der Waals surface area contributed by atoms with Crippen LogP contribution in [0.4, 0.5) is 4.39 Å². The molecule has 0 aliphatic rings. The minimum Gasteiger partial charge on any atom is -0.497 e. The Morgan fingerprint density at radius 3 is 2.14 bits per heavy atom. The maximum Gasteiger partial charge on any atom is 0.132 e. The van der Waals surface area contributed by atoms with E-state index in [1.54, 1.807) is 13.2 Å². The van der Waals surface area contributed by atoms with Crippen molar-refractivity contribution >= 4 is 0 Å². The van der Waals surface area contributed by atoms with E-state index in [4.69, 9.17) is 4.74 Å². The van der Waals surface area contributed by atoms with E-state index in [1.165, 1.54) is 30.9 Å². The van der Waals surface area contributed by atoms with E-state index in [-0.39, 0.29) is 5.82 Å². The molecule has 0 amide bonds. The van der Waals surface area contributed by atoms with Crippen molar-refractivity contribution in [1.82, 2.24) is 0 Å². The molecule has 0 saturated carbocycles. The predicted octanol–water partition coefficient (Wildman–Crippen LogP) is 6.63. The summed E-state index contributed by atoms with van der Waals surface area (Å²) < 4.78 is 19.8. The molecule has 2 heteroatoms. The predicted molar refractivity (Wildman–Crippen MR) is 114 cm³/mol. The van der Waals surface area contributed by atoms with Crippen LogP contribution in [0.3, 0.4) is 0 Å². The van der Waals surface area contributed by atoms with Gasteiger partial charge in [0.25, 0.3) is 0 Å². The molecule has 0 atom stereocenters. The summed E-state index contributed by atoms with van der Waals surface area (Å²) in [5.74, 6) is 6.62. The fourth-order valence-electron chi connectivity index (χ4n) is 3.08. The summed E-state index contributed by atoms with van der Waals surface area (Å²) in [7, 11) is 1.63. The molecular formula is C26H25FO. The van der Waals surface area contributed by atoms with Crippen LogP contribution in [-0.4, -0.2) is 7.11 Å². The van der Waals surface area contributed by atoms with Crippen LogP contribution in [0, 0.1) is 17.7 Å². The summed E-state index contributed by atoms with van der Waals surface area (Å²) in [6.45, 7) is 2.21. The summed E-state index contributed by atoms with van der Waals surface area (Å²) in [5.41, 5.74) is 4.33. The van der Waals surface area contributed by atoms with Crippen molar-refractivity contribution in [2.75, 3.05) is 7.11 Å². The van der Waals surface area contributed by atoms with E-state index in [9.17, 15) is 4.39 Å². The molecule has 3 aromatic carbocycles. The maximum atomic E-state index is 14.6. The van der Waals surface area contributed by atoms with Gasteiger partial charge in [-0.05, 0) is 60.4 Å². The Morgan fingerprint density at radius 2 is 1.50 bits per heavy atom. The Morgan fingerprint density at radius 1 is 0.821 bits per heavy atom. The van der Waals surface area contributed by atoms with Crippen molar-refractivity contribution in [2.45, 2.75) is 32.6 Å². The summed E-state index contributed by atoms with van der Waals surface area (Å²) in [4.78, 5) is 0. The zero-order valence-corrected chi connectivity index (χ0v) is 16.5. The van der Waals surface area contributed by atoms with Crippen LogP contribution in [-0.2, 0) is 6.42 Å². The van der Waals surface area contributed by atoms with Crippen LogP contribution in [0.15, 0.2) is 66.7 Å². The lowest BCUT2D eigenvalue weighted by molar-refractivity contribution is 0.415. The van der Waals surface area contributed by atoms with Gasteiger partial charge in [0.1, 0.15) is 11.6 Å². The van der Waals surface area contributed by atoms with Crippen molar-refractivity contribution in [3.05, 3.63) is 89.2 Å². The Hall–Kier alpha value is -3.05. The first kappa shape index (κ1) is 19.7. The van der Waals surface area contributed by atoms with Gasteiger partial charge in [0, 0.05) is 16.7 Å². The highest BCUT2D eigenvalue weighted by atomic mass is 19.1. The van der Waals surface area contributed by atoms with Crippen LogP contribution < -0.4 is 4.74 Å². The van der Waals surface area contributed by atoms with Crippen LogP contribution in [0.5, 0.6) is 5.75 Å². The van der Waals surface area contributed by atoms with Gasteiger partial charge in [-0.3, -0.25) is 0 Å². The molecule has 0 unspecified atom stereocenters. The summed E-state index contributed by atoms with van der Waals surface area (Å²) >= 11 is 0. The third-order valence-electron chi connectivity index (χ3n) is 4.74. The molecule has 0 bridgehead atoms. The number of benzene rings is 3. The molecule has 0 aromatic heterocycles. The van der Waals surface area contributed by atoms with Crippen LogP contribution in [0.1, 0.15) is 42.9 Å². The first-order valence-electron chi connectivity index (χ1n) is 9.74. The van der Waals surface area contributed by atoms with E-state index in [0.29, 0.717) is 11.1 Å². The number of aryl methyl sites for hydroxylation is 1. The van der Waals surface area contributed by atoms with E-state index in [2.05, 4.69) is 30.9 Å². The highest BCUT2D eigenvalue weighted by molar-refractivity contribution is 5.65. The normalized spacial score (nSPS) is 10.2. The standard InChI is InChI=1S/C26H25FO/c1-3-4-5-6-20-9-14-23(15-10-20)25-18-13-22(19-26(25)27)8-7-21-11-16-24(28-2)17-12-21/h9-19H,3-6H2,1-2H3. The van der Waals surface area contributed by atoms with Crippen molar-refractivity contribution in [3.8, 4) is 28.7 Å². The van der Waals surface area contributed by atoms with Crippen LogP contribution in [0.2, 0.25) is 0 Å². The van der Waals surface area contributed by atoms with Crippen LogP contribution >= 0.6 is 0 Å². The quantitative estimate of drug-likeness (QED) is 0.348. The van der Waals surface area contributed by atoms with E-state index < -0.39 is 0 Å². The minimum absolute atomic E-state index is 0.250. The molecule has 0 heterocycles. The molecule has 0 spiro atoms. The molecule has 0 aliphatic carbocycles. The smallest absolute Gasteiger partial charge is 0.132 e. The van der Waals surface area contributed by atoms with Gasteiger partial charge in [0.2, 0.25) is 0 Å². The SMILES string of the molecule is CCCCCc1ccc(-c2ccc(C#Cc3ccc(OC)cc3)cc2F)cc1. The number of rotatable bonds is 6. The molecule has 142 valence electrons. The molecule has 3 aromatic rings. The molecule has 3 rings (SSSR count). The number of hydrogen-bond acceptors (Lipinski definition) is 1. The fraction of sp³-hybridized carbons (Fsp3) is 0.231. The Labute approximate surface area is 167 Å². The Balaban J connectivity index is 1.72. The van der Waals surface area contributed by atoms with Crippen molar-refractivity contribution < 1.29 is 9.13 Å². The van der Waals surface area contributed by atoms with Gasteiger partial charge in [-0.2, -0.15) is 0 Å². The Bertz CT molecular complexity index is 960. The molecule has 0 aliphatic heterocycles. The van der Waals surface area contributed by atoms with Gasteiger partial charge in [0.15, 0.2) is 0 Å². The molecule has 0 fully saturated rings. The first-order valence-corrected chi connectivity index (χ1v) is 9.74. The largest absolute Gasteiger partial charge is 0.497 e. The van der Waals surface area contributed by atoms with E-state index in [1.807, 2.05) is 42.5 Å². The third-order valence-corrected chi connectivity index (χ3v) is 4.74. The molecule has 0 radical (unpaired) electrons. The Kier molecular flexibility index (Phi) is 6.87. The lowest BCUT2D eigenvalue weighted by Gasteiger charge is -2.06. The molecular weight excluding hydrogens is 347 g/mol. The maximum absolute atomic E-state index is 14.6. The third kappa shape index (κ3) is 5.24. The lowest BCUT2D eigenvalue weighted by Crippen LogP contribution is -1.89. The van der Waals surface area contributed by atoms with Gasteiger partial charge in [-0.15, -0.1) is 0 Å². The second-order valence-corrected chi connectivity index (χ2v) is 6.83. The van der Waals surface area contributed by atoms with Gasteiger partial charge in [-0.1, -0.05) is 61.9 Å². The van der Waals surface area contributed by atoms with Gasteiger partial charge in [0.05, 0.1) is 7.11 Å². The average Bonchev–Trinajstić information content (AvgIpc) is 2.73. The number of halogens is 1. The molecule has 0 N–H and O–H groups in total. The minimum atomic E-state index is -0.250. The summed E-state index contributed by atoms with van der Waals surface area (Å²) in [6, 6.07) is 20.9. The molecule has 28 heavy (non-hydrogen) atoms. The monoisotopic (exact) mass is 372 g/mol. The fourth-order valence-corrected chi connectivity index (χ4v) is 3.08. The second-order valence-electron chi connectivity index (χ2n) is 6.83. The number of unbranched alkanes of at least 4 members (excludes halogenated alkanes) is 2. The zero-order chi connectivity index (χ0) is 19.8. The summed E-state index contributed by atoms with van der Waals surface area (Å²) in [6.07, 6.45) is 4.74. The lowest BCUT2D eigenvalue weighted by atomic mass is 10.00. The van der Waals surface area contributed by atoms with Gasteiger partial charge in [-0.25, -0.2) is 4.39 Å². The number of hydrogen-bond donors (Lipinski definition) is 0. The second kappa shape index (κ2) is 9.76. The van der Waals surface area contributed by atoms with E-state index in [0.717, 1.165) is 23.3 Å². The highest BCUT2D eigenvalue weighted by Crippen LogP contribution is 2.24. The molecule has 0 saturated heterocycles. The van der Waals surface area contributed by atoms with Gasteiger partial charge < -0.3 is 4.74 Å². The molecule has 1 nitrogen and oxygen atoms in total. The van der Waals surface area contributed by atoms with Crippen molar-refractivity contribution in [3.63, 3.8) is 0 Å².